The van der Waals surface area contributed by atoms with Crippen LogP contribution in [0.2, 0.25) is 0 Å². The Morgan fingerprint density at radius 2 is 1.94 bits per heavy atom. The molecule has 3 aromatic rings. The predicted molar refractivity (Wildman–Crippen MR) is 114 cm³/mol. The zero-order valence-electron chi connectivity index (χ0n) is 17.2. The minimum absolute atomic E-state index is 0.199. The van der Waals surface area contributed by atoms with Crippen molar-refractivity contribution in [1.82, 2.24) is 9.55 Å². The summed E-state index contributed by atoms with van der Waals surface area (Å²) in [6.45, 7) is 0.293. The summed E-state index contributed by atoms with van der Waals surface area (Å²) in [5.74, 6) is 2.15. The molecule has 31 heavy (non-hydrogen) atoms. The molecule has 0 spiro atoms. The SMILES string of the molecule is OC(CC1c2c(F)cccc2-c2cncn21)C1CCC(c2ccc3c(c2)OCO3)CC1. The Bertz CT molecular complexity index is 1120. The molecule has 2 unspecified atom stereocenters. The van der Waals surface area contributed by atoms with Crippen molar-refractivity contribution < 1.29 is 19.0 Å². The zero-order chi connectivity index (χ0) is 20.9. The van der Waals surface area contributed by atoms with Crippen molar-refractivity contribution in [2.24, 2.45) is 5.92 Å². The van der Waals surface area contributed by atoms with Crippen LogP contribution in [0.3, 0.4) is 0 Å². The smallest absolute Gasteiger partial charge is 0.231 e. The van der Waals surface area contributed by atoms with E-state index in [0.717, 1.165) is 48.4 Å². The van der Waals surface area contributed by atoms with E-state index in [0.29, 0.717) is 24.7 Å². The Labute approximate surface area is 180 Å². The molecule has 1 aliphatic carbocycles. The first-order valence-corrected chi connectivity index (χ1v) is 11.1. The number of nitrogens with zero attached hydrogens (tertiary/aromatic N) is 2. The predicted octanol–water partition coefficient (Wildman–Crippen LogP) is 5.05. The third kappa shape index (κ3) is 3.12. The lowest BCUT2D eigenvalue weighted by Crippen LogP contribution is -2.28. The lowest BCUT2D eigenvalue weighted by Gasteiger charge is -2.33. The van der Waals surface area contributed by atoms with Gasteiger partial charge in [0.05, 0.1) is 30.4 Å². The van der Waals surface area contributed by atoms with E-state index in [-0.39, 0.29) is 17.8 Å². The molecule has 6 heteroatoms. The summed E-state index contributed by atoms with van der Waals surface area (Å²) in [6.07, 6.45) is 7.58. The number of fused-ring (bicyclic) bond motifs is 4. The third-order valence-electron chi connectivity index (χ3n) is 7.31. The first-order chi connectivity index (χ1) is 15.2. The van der Waals surface area contributed by atoms with Gasteiger partial charge in [0.2, 0.25) is 6.79 Å². The van der Waals surface area contributed by atoms with E-state index < -0.39 is 6.10 Å². The van der Waals surface area contributed by atoms with Crippen molar-refractivity contribution in [1.29, 1.82) is 0 Å². The maximum Gasteiger partial charge on any atom is 0.231 e. The maximum absolute atomic E-state index is 14.7. The molecule has 0 bridgehead atoms. The van der Waals surface area contributed by atoms with Crippen LogP contribution in [0.15, 0.2) is 48.9 Å². The van der Waals surface area contributed by atoms with Crippen molar-refractivity contribution in [2.75, 3.05) is 6.79 Å². The van der Waals surface area contributed by atoms with Crippen LogP contribution in [-0.2, 0) is 0 Å². The molecule has 0 radical (unpaired) electrons. The average Bonchev–Trinajstić information content (AvgIpc) is 3.51. The Balaban J connectivity index is 1.15. The summed E-state index contributed by atoms with van der Waals surface area (Å²) in [5.41, 5.74) is 3.79. The van der Waals surface area contributed by atoms with Crippen molar-refractivity contribution in [3.05, 3.63) is 65.9 Å². The number of ether oxygens (including phenoxy) is 2. The first kappa shape index (κ1) is 18.9. The summed E-state index contributed by atoms with van der Waals surface area (Å²) in [6, 6.07) is 11.2. The van der Waals surface area contributed by atoms with Gasteiger partial charge in [-0.15, -0.1) is 0 Å². The van der Waals surface area contributed by atoms with Gasteiger partial charge in [0.1, 0.15) is 5.82 Å². The molecule has 2 atom stereocenters. The van der Waals surface area contributed by atoms with Gasteiger partial charge in [-0.3, -0.25) is 0 Å². The van der Waals surface area contributed by atoms with Gasteiger partial charge in [-0.1, -0.05) is 18.2 Å². The van der Waals surface area contributed by atoms with Gasteiger partial charge in [-0.25, -0.2) is 9.37 Å². The number of benzene rings is 2. The van der Waals surface area contributed by atoms with E-state index in [1.54, 1.807) is 18.6 Å². The van der Waals surface area contributed by atoms with E-state index in [9.17, 15) is 9.50 Å². The molecule has 160 valence electrons. The van der Waals surface area contributed by atoms with E-state index in [1.807, 2.05) is 16.7 Å². The lowest BCUT2D eigenvalue weighted by atomic mass is 9.75. The van der Waals surface area contributed by atoms with E-state index in [1.165, 1.54) is 11.6 Å². The second kappa shape index (κ2) is 7.38. The normalized spacial score (nSPS) is 24.6. The van der Waals surface area contributed by atoms with Gasteiger partial charge < -0.3 is 19.1 Å². The number of aliphatic hydroxyl groups is 1. The van der Waals surface area contributed by atoms with Crippen LogP contribution >= 0.6 is 0 Å². The molecule has 1 saturated carbocycles. The Hall–Kier alpha value is -2.86. The topological polar surface area (TPSA) is 56.5 Å². The molecule has 1 fully saturated rings. The molecular formula is C25H25FN2O3. The fourth-order valence-electron chi connectivity index (χ4n) is 5.66. The number of aliphatic hydroxyl groups excluding tert-OH is 1. The van der Waals surface area contributed by atoms with Crippen molar-refractivity contribution >= 4 is 0 Å². The highest BCUT2D eigenvalue weighted by molar-refractivity contribution is 5.69. The molecule has 0 amide bonds. The van der Waals surface area contributed by atoms with Crippen molar-refractivity contribution in [2.45, 2.75) is 50.2 Å². The Kier molecular flexibility index (Phi) is 4.49. The number of aromatic nitrogens is 2. The molecular weight excluding hydrogens is 395 g/mol. The largest absolute Gasteiger partial charge is 0.454 e. The Morgan fingerprint density at radius 1 is 1.10 bits per heavy atom. The fraction of sp³-hybridized carbons (Fsp3) is 0.400. The van der Waals surface area contributed by atoms with Crippen LogP contribution < -0.4 is 9.47 Å². The average molecular weight is 420 g/mol. The first-order valence-electron chi connectivity index (χ1n) is 11.1. The molecule has 1 aromatic heterocycles. The maximum atomic E-state index is 14.7. The van der Waals surface area contributed by atoms with Gasteiger partial charge in [-0.05, 0) is 67.7 Å². The number of halogens is 1. The minimum Gasteiger partial charge on any atom is -0.454 e. The second-order valence-electron chi connectivity index (χ2n) is 8.93. The van der Waals surface area contributed by atoms with Gasteiger partial charge >= 0.3 is 0 Å². The van der Waals surface area contributed by atoms with Gasteiger partial charge in [0.25, 0.3) is 0 Å². The zero-order valence-corrected chi connectivity index (χ0v) is 17.2. The molecule has 2 aromatic carbocycles. The van der Waals surface area contributed by atoms with Crippen LogP contribution in [0.1, 0.15) is 55.2 Å². The highest BCUT2D eigenvalue weighted by Crippen LogP contribution is 2.45. The summed E-state index contributed by atoms with van der Waals surface area (Å²) >= 11 is 0. The summed E-state index contributed by atoms with van der Waals surface area (Å²) in [5, 5.41) is 11.1. The third-order valence-corrected chi connectivity index (χ3v) is 7.31. The van der Waals surface area contributed by atoms with Crippen LogP contribution in [0.5, 0.6) is 11.5 Å². The van der Waals surface area contributed by atoms with Gasteiger partial charge in [0, 0.05) is 11.1 Å². The van der Waals surface area contributed by atoms with Gasteiger partial charge in [0.15, 0.2) is 11.5 Å². The van der Waals surface area contributed by atoms with Crippen LogP contribution in [0, 0.1) is 11.7 Å². The second-order valence-corrected chi connectivity index (χ2v) is 8.93. The standard InChI is InChI=1S/C25H25FN2O3/c26-19-3-1-2-18-21-12-27-13-28(21)20(25(18)19)11-22(29)16-6-4-15(5-7-16)17-8-9-23-24(10-17)31-14-30-23/h1-3,8-10,12-13,15-16,20,22,29H,4-7,11,14H2. The van der Waals surface area contributed by atoms with E-state index >= 15 is 0 Å². The van der Waals surface area contributed by atoms with Crippen LogP contribution in [0.25, 0.3) is 11.3 Å². The summed E-state index contributed by atoms with van der Waals surface area (Å²) < 4.78 is 27.6. The highest BCUT2D eigenvalue weighted by Gasteiger charge is 2.35. The van der Waals surface area contributed by atoms with Crippen LogP contribution in [0.4, 0.5) is 4.39 Å². The Morgan fingerprint density at radius 3 is 2.81 bits per heavy atom. The molecule has 3 aliphatic rings. The quantitative estimate of drug-likeness (QED) is 0.642. The van der Waals surface area contributed by atoms with Crippen molar-refractivity contribution in [3.8, 4) is 22.8 Å². The molecule has 6 rings (SSSR count). The molecule has 2 aliphatic heterocycles. The highest BCUT2D eigenvalue weighted by atomic mass is 19.1. The monoisotopic (exact) mass is 420 g/mol. The number of rotatable bonds is 4. The van der Waals surface area contributed by atoms with E-state index in [2.05, 4.69) is 17.1 Å². The fourth-order valence-corrected chi connectivity index (χ4v) is 5.66. The number of imidazole rings is 1. The number of hydrogen-bond donors (Lipinski definition) is 1. The summed E-state index contributed by atoms with van der Waals surface area (Å²) in [7, 11) is 0. The van der Waals surface area contributed by atoms with Gasteiger partial charge in [-0.2, -0.15) is 0 Å². The number of hydrogen-bond acceptors (Lipinski definition) is 4. The minimum atomic E-state index is -0.469. The summed E-state index contributed by atoms with van der Waals surface area (Å²) in [4.78, 5) is 4.25. The van der Waals surface area contributed by atoms with Crippen molar-refractivity contribution in [3.63, 3.8) is 0 Å². The lowest BCUT2D eigenvalue weighted by molar-refractivity contribution is 0.0650. The molecule has 5 nitrogen and oxygen atoms in total. The van der Waals surface area contributed by atoms with Crippen LogP contribution in [-0.4, -0.2) is 27.6 Å². The molecule has 0 saturated heterocycles. The van der Waals surface area contributed by atoms with E-state index in [4.69, 9.17) is 9.47 Å². The molecule has 3 heterocycles. The molecule has 1 N–H and O–H groups in total.